The first kappa shape index (κ1) is 23.4. The molecule has 0 saturated carbocycles. The third-order valence-electron chi connectivity index (χ3n) is 5.43. The quantitative estimate of drug-likeness (QED) is 0.268. The average Bonchev–Trinajstić information content (AvgIpc) is 2.84. The van der Waals surface area contributed by atoms with Crippen LogP contribution in [0.25, 0.3) is 0 Å². The summed E-state index contributed by atoms with van der Waals surface area (Å²) >= 11 is 12.6. The van der Waals surface area contributed by atoms with Gasteiger partial charge < -0.3 is 16.4 Å². The van der Waals surface area contributed by atoms with Crippen LogP contribution in [0.3, 0.4) is 0 Å². The highest BCUT2D eigenvalue weighted by Gasteiger charge is 2.19. The van der Waals surface area contributed by atoms with E-state index in [2.05, 4.69) is 26.7 Å². The van der Waals surface area contributed by atoms with E-state index in [1.807, 2.05) is 55.5 Å². The van der Waals surface area contributed by atoms with Crippen molar-refractivity contribution in [3.05, 3.63) is 105 Å². The number of nitrogens with one attached hydrogen (secondary N) is 2. The normalized spacial score (nSPS) is 11.5. The summed E-state index contributed by atoms with van der Waals surface area (Å²) in [5.74, 6) is 0.483. The van der Waals surface area contributed by atoms with Crippen molar-refractivity contribution >= 4 is 46.2 Å². The summed E-state index contributed by atoms with van der Waals surface area (Å²) in [5.41, 5.74) is 11.0. The second-order valence-corrected chi connectivity index (χ2v) is 8.59. The van der Waals surface area contributed by atoms with E-state index in [4.69, 9.17) is 28.9 Å². The number of rotatable bonds is 7. The summed E-state index contributed by atoms with van der Waals surface area (Å²) < 4.78 is 0. The van der Waals surface area contributed by atoms with Gasteiger partial charge in [0.05, 0.1) is 12.0 Å². The minimum atomic E-state index is -0.518. The second kappa shape index (κ2) is 10.4. The first-order chi connectivity index (χ1) is 16.5. The maximum atomic E-state index is 9.82. The van der Waals surface area contributed by atoms with Gasteiger partial charge in [0.15, 0.2) is 11.6 Å². The predicted molar refractivity (Wildman–Crippen MR) is 139 cm³/mol. The Hall–Kier alpha value is -3.79. The standard InChI is InChI=1S/C26H22Cl2N6/c1-16-11-20(21(13-29)18-7-9-19(27)10-8-18)22(28)12-23(16)34-26-24(30)25(32-15-33-26)31-14-17-5-3-2-4-6-17/h2-12,15,21H,14,30H2,1H3,(H2,31,32,33,34). The molecule has 8 heteroatoms. The van der Waals surface area contributed by atoms with E-state index >= 15 is 0 Å². The third-order valence-corrected chi connectivity index (χ3v) is 6.01. The molecule has 4 rings (SSSR count). The zero-order valence-electron chi connectivity index (χ0n) is 18.4. The summed E-state index contributed by atoms with van der Waals surface area (Å²) in [6.45, 7) is 2.52. The van der Waals surface area contributed by atoms with E-state index in [-0.39, 0.29) is 0 Å². The summed E-state index contributed by atoms with van der Waals surface area (Å²) in [6.07, 6.45) is 1.45. The lowest BCUT2D eigenvalue weighted by Gasteiger charge is -2.17. The molecule has 0 radical (unpaired) electrons. The van der Waals surface area contributed by atoms with E-state index < -0.39 is 5.92 Å². The van der Waals surface area contributed by atoms with Crippen LogP contribution in [0.5, 0.6) is 0 Å². The number of benzene rings is 3. The highest BCUT2D eigenvalue weighted by atomic mass is 35.5. The van der Waals surface area contributed by atoms with Crippen molar-refractivity contribution in [3.63, 3.8) is 0 Å². The fourth-order valence-corrected chi connectivity index (χ4v) is 3.98. The van der Waals surface area contributed by atoms with E-state index in [9.17, 15) is 5.26 Å². The number of hydrogen-bond acceptors (Lipinski definition) is 6. The Kier molecular flexibility index (Phi) is 7.17. The van der Waals surface area contributed by atoms with Gasteiger partial charge in [0.25, 0.3) is 0 Å². The second-order valence-electron chi connectivity index (χ2n) is 7.75. The zero-order chi connectivity index (χ0) is 24.1. The Bertz CT molecular complexity index is 1330. The maximum Gasteiger partial charge on any atom is 0.159 e. The maximum absolute atomic E-state index is 9.82. The number of nitrogen functional groups attached to an aromatic ring is 1. The Morgan fingerprint density at radius 2 is 1.71 bits per heavy atom. The minimum Gasteiger partial charge on any atom is -0.393 e. The molecule has 1 atom stereocenters. The number of nitriles is 1. The summed E-state index contributed by atoms with van der Waals surface area (Å²) in [7, 11) is 0. The van der Waals surface area contributed by atoms with Gasteiger partial charge in [-0.2, -0.15) is 5.26 Å². The van der Waals surface area contributed by atoms with Crippen LogP contribution in [0, 0.1) is 18.3 Å². The molecule has 0 saturated heterocycles. The van der Waals surface area contributed by atoms with Crippen molar-refractivity contribution in [3.8, 4) is 6.07 Å². The molecular weight excluding hydrogens is 467 g/mol. The molecule has 1 unspecified atom stereocenters. The van der Waals surface area contributed by atoms with Gasteiger partial charge >= 0.3 is 0 Å². The Labute approximate surface area is 208 Å². The fourth-order valence-electron chi connectivity index (χ4n) is 3.58. The highest BCUT2D eigenvalue weighted by molar-refractivity contribution is 6.32. The molecule has 0 amide bonds. The Balaban J connectivity index is 1.57. The molecule has 0 spiro atoms. The predicted octanol–water partition coefficient (Wildman–Crippen LogP) is 6.69. The van der Waals surface area contributed by atoms with Crippen LogP contribution in [-0.2, 0) is 6.54 Å². The van der Waals surface area contributed by atoms with Crippen molar-refractivity contribution in [2.24, 2.45) is 0 Å². The van der Waals surface area contributed by atoms with Gasteiger partial charge in [-0.3, -0.25) is 0 Å². The monoisotopic (exact) mass is 488 g/mol. The summed E-state index contributed by atoms with van der Waals surface area (Å²) in [5, 5.41) is 17.4. The molecule has 0 aliphatic heterocycles. The number of anilines is 4. The highest BCUT2D eigenvalue weighted by Crippen LogP contribution is 2.36. The van der Waals surface area contributed by atoms with Crippen molar-refractivity contribution in [1.29, 1.82) is 5.26 Å². The lowest BCUT2D eigenvalue weighted by Crippen LogP contribution is -2.08. The van der Waals surface area contributed by atoms with Gasteiger partial charge in [0.2, 0.25) is 0 Å². The first-order valence-corrected chi connectivity index (χ1v) is 11.3. The van der Waals surface area contributed by atoms with Gasteiger partial charge in [0.1, 0.15) is 12.0 Å². The Morgan fingerprint density at radius 1 is 1.00 bits per heavy atom. The number of aryl methyl sites for hydroxylation is 1. The van der Waals surface area contributed by atoms with Gasteiger partial charge in [-0.15, -0.1) is 0 Å². The molecule has 6 nitrogen and oxygen atoms in total. The lowest BCUT2D eigenvalue weighted by atomic mass is 9.91. The summed E-state index contributed by atoms with van der Waals surface area (Å²) in [4.78, 5) is 8.56. The van der Waals surface area contributed by atoms with Crippen LogP contribution in [0.2, 0.25) is 10.0 Å². The summed E-state index contributed by atoms with van der Waals surface area (Å²) in [6, 6.07) is 23.2. The van der Waals surface area contributed by atoms with E-state index in [1.165, 1.54) is 6.33 Å². The van der Waals surface area contributed by atoms with Crippen LogP contribution in [0.4, 0.5) is 23.0 Å². The molecular formula is C26H22Cl2N6. The van der Waals surface area contributed by atoms with E-state index in [0.717, 1.165) is 27.9 Å². The largest absolute Gasteiger partial charge is 0.393 e. The molecule has 0 fully saturated rings. The number of halogens is 2. The molecule has 0 aliphatic carbocycles. The van der Waals surface area contributed by atoms with E-state index in [0.29, 0.717) is 33.9 Å². The molecule has 4 N–H and O–H groups in total. The molecule has 34 heavy (non-hydrogen) atoms. The first-order valence-electron chi connectivity index (χ1n) is 10.6. The third kappa shape index (κ3) is 5.23. The van der Waals surface area contributed by atoms with E-state index in [1.54, 1.807) is 18.2 Å². The van der Waals surface area contributed by atoms with Crippen molar-refractivity contribution < 1.29 is 0 Å². The van der Waals surface area contributed by atoms with Crippen LogP contribution in [0.1, 0.15) is 28.2 Å². The van der Waals surface area contributed by atoms with Crippen molar-refractivity contribution in [2.75, 3.05) is 16.4 Å². The number of nitrogens with zero attached hydrogens (tertiary/aromatic N) is 3. The van der Waals surface area contributed by atoms with Crippen LogP contribution >= 0.6 is 23.2 Å². The molecule has 3 aromatic carbocycles. The van der Waals surface area contributed by atoms with Gasteiger partial charge in [0, 0.05) is 22.3 Å². The topological polar surface area (TPSA) is 99.6 Å². The van der Waals surface area contributed by atoms with Gasteiger partial charge in [-0.1, -0.05) is 71.7 Å². The van der Waals surface area contributed by atoms with Crippen molar-refractivity contribution in [1.82, 2.24) is 9.97 Å². The average molecular weight is 489 g/mol. The zero-order valence-corrected chi connectivity index (χ0v) is 19.9. The number of aromatic nitrogens is 2. The van der Waals surface area contributed by atoms with Crippen LogP contribution in [-0.4, -0.2) is 9.97 Å². The smallest absolute Gasteiger partial charge is 0.159 e. The molecule has 4 aromatic rings. The molecule has 1 aromatic heterocycles. The fraction of sp³-hybridized carbons (Fsp3) is 0.115. The van der Waals surface area contributed by atoms with Gasteiger partial charge in [-0.05, 0) is 47.4 Å². The van der Waals surface area contributed by atoms with Crippen LogP contribution in [0.15, 0.2) is 73.1 Å². The SMILES string of the molecule is Cc1cc(C(C#N)c2ccc(Cl)cc2)c(Cl)cc1Nc1ncnc(NCc2ccccc2)c1N. The minimum absolute atomic E-state index is 0.397. The Morgan fingerprint density at radius 3 is 2.41 bits per heavy atom. The van der Waals surface area contributed by atoms with Gasteiger partial charge in [-0.25, -0.2) is 9.97 Å². The molecule has 0 aliphatic rings. The van der Waals surface area contributed by atoms with Crippen LogP contribution < -0.4 is 16.4 Å². The number of hydrogen-bond donors (Lipinski definition) is 3. The lowest BCUT2D eigenvalue weighted by molar-refractivity contribution is 1.03. The van der Waals surface area contributed by atoms with Crippen molar-refractivity contribution in [2.45, 2.75) is 19.4 Å². The number of nitrogens with two attached hydrogens (primary N) is 1. The molecule has 0 bridgehead atoms. The molecule has 170 valence electrons. The molecule has 1 heterocycles.